The summed E-state index contributed by atoms with van der Waals surface area (Å²) in [6.07, 6.45) is 2.27. The van der Waals surface area contributed by atoms with Gasteiger partial charge in [0.05, 0.1) is 13.7 Å². The lowest BCUT2D eigenvalue weighted by atomic mass is 10.1. The fourth-order valence-corrected chi connectivity index (χ4v) is 2.01. The van der Waals surface area contributed by atoms with E-state index >= 15 is 0 Å². The number of hydrogen-bond acceptors (Lipinski definition) is 4. The minimum Gasteiger partial charge on any atom is -0.504 e. The topological polar surface area (TPSA) is 50.7 Å². The SMILES string of the molecule is COc1ccc(CNC2CCCOC2)cc1O. The molecule has 4 nitrogen and oxygen atoms in total. The number of rotatable bonds is 4. The first-order valence-electron chi connectivity index (χ1n) is 5.96. The first-order chi connectivity index (χ1) is 8.29. The Morgan fingerprint density at radius 2 is 2.41 bits per heavy atom. The summed E-state index contributed by atoms with van der Waals surface area (Å²) in [7, 11) is 1.55. The van der Waals surface area contributed by atoms with Gasteiger partial charge in [-0.15, -0.1) is 0 Å². The Kier molecular flexibility index (Phi) is 4.23. The molecule has 0 saturated carbocycles. The average molecular weight is 237 g/mol. The molecular weight excluding hydrogens is 218 g/mol. The summed E-state index contributed by atoms with van der Waals surface area (Å²) in [5.74, 6) is 0.696. The zero-order chi connectivity index (χ0) is 12.1. The van der Waals surface area contributed by atoms with Crippen LogP contribution < -0.4 is 10.1 Å². The molecule has 2 rings (SSSR count). The van der Waals surface area contributed by atoms with E-state index in [1.807, 2.05) is 6.07 Å². The minimum absolute atomic E-state index is 0.187. The van der Waals surface area contributed by atoms with E-state index in [2.05, 4.69) is 5.32 Å². The van der Waals surface area contributed by atoms with Crippen LogP contribution in [0.2, 0.25) is 0 Å². The minimum atomic E-state index is 0.187. The molecule has 4 heteroatoms. The van der Waals surface area contributed by atoms with Gasteiger partial charge < -0.3 is 19.9 Å². The van der Waals surface area contributed by atoms with Crippen LogP contribution in [-0.2, 0) is 11.3 Å². The molecule has 1 fully saturated rings. The Morgan fingerprint density at radius 3 is 3.06 bits per heavy atom. The second-order valence-corrected chi connectivity index (χ2v) is 4.30. The summed E-state index contributed by atoms with van der Waals surface area (Å²) in [5.41, 5.74) is 1.05. The van der Waals surface area contributed by atoms with Crippen LogP contribution in [-0.4, -0.2) is 31.5 Å². The zero-order valence-electron chi connectivity index (χ0n) is 10.1. The van der Waals surface area contributed by atoms with Gasteiger partial charge in [0.2, 0.25) is 0 Å². The van der Waals surface area contributed by atoms with Crippen molar-refractivity contribution in [3.05, 3.63) is 23.8 Å². The van der Waals surface area contributed by atoms with Crippen molar-refractivity contribution in [2.45, 2.75) is 25.4 Å². The molecule has 0 radical (unpaired) electrons. The lowest BCUT2D eigenvalue weighted by molar-refractivity contribution is 0.0699. The Labute approximate surface area is 102 Å². The highest BCUT2D eigenvalue weighted by atomic mass is 16.5. The van der Waals surface area contributed by atoms with Crippen molar-refractivity contribution in [2.24, 2.45) is 0 Å². The fourth-order valence-electron chi connectivity index (χ4n) is 2.01. The van der Waals surface area contributed by atoms with Gasteiger partial charge in [0.25, 0.3) is 0 Å². The van der Waals surface area contributed by atoms with Crippen molar-refractivity contribution in [1.82, 2.24) is 5.32 Å². The van der Waals surface area contributed by atoms with Gasteiger partial charge in [0.15, 0.2) is 11.5 Å². The number of benzene rings is 1. The van der Waals surface area contributed by atoms with Gasteiger partial charge in [0.1, 0.15) is 0 Å². The van der Waals surface area contributed by atoms with E-state index < -0.39 is 0 Å². The molecule has 1 aliphatic heterocycles. The molecule has 0 spiro atoms. The monoisotopic (exact) mass is 237 g/mol. The van der Waals surface area contributed by atoms with E-state index in [0.29, 0.717) is 11.8 Å². The summed E-state index contributed by atoms with van der Waals surface area (Å²) >= 11 is 0. The molecule has 17 heavy (non-hydrogen) atoms. The molecule has 1 heterocycles. The first kappa shape index (κ1) is 12.2. The predicted octanol–water partition coefficient (Wildman–Crippen LogP) is 1.67. The number of phenols is 1. The van der Waals surface area contributed by atoms with Crippen LogP contribution in [0.1, 0.15) is 18.4 Å². The third-order valence-corrected chi connectivity index (χ3v) is 3.00. The van der Waals surface area contributed by atoms with E-state index in [0.717, 1.165) is 38.2 Å². The second kappa shape index (κ2) is 5.89. The van der Waals surface area contributed by atoms with Crippen LogP contribution in [0.3, 0.4) is 0 Å². The van der Waals surface area contributed by atoms with Gasteiger partial charge >= 0.3 is 0 Å². The van der Waals surface area contributed by atoms with E-state index in [1.165, 1.54) is 0 Å². The molecule has 1 atom stereocenters. The van der Waals surface area contributed by atoms with Crippen molar-refractivity contribution in [3.8, 4) is 11.5 Å². The normalized spacial score (nSPS) is 20.2. The summed E-state index contributed by atoms with van der Waals surface area (Å²) in [5, 5.41) is 13.1. The quantitative estimate of drug-likeness (QED) is 0.836. The van der Waals surface area contributed by atoms with Crippen LogP contribution in [0, 0.1) is 0 Å². The lowest BCUT2D eigenvalue weighted by Crippen LogP contribution is -2.36. The third-order valence-electron chi connectivity index (χ3n) is 3.00. The molecule has 1 aliphatic rings. The predicted molar refractivity (Wildman–Crippen MR) is 65.3 cm³/mol. The summed E-state index contributed by atoms with van der Waals surface area (Å²) < 4.78 is 10.4. The lowest BCUT2D eigenvalue weighted by Gasteiger charge is -2.23. The van der Waals surface area contributed by atoms with E-state index in [4.69, 9.17) is 9.47 Å². The number of ether oxygens (including phenoxy) is 2. The molecule has 0 amide bonds. The smallest absolute Gasteiger partial charge is 0.160 e. The highest BCUT2D eigenvalue weighted by molar-refractivity contribution is 5.41. The van der Waals surface area contributed by atoms with Crippen LogP contribution in [0.4, 0.5) is 0 Å². The molecule has 0 aromatic heterocycles. The molecule has 1 unspecified atom stereocenters. The third kappa shape index (κ3) is 3.35. The number of aromatic hydroxyl groups is 1. The highest BCUT2D eigenvalue weighted by Gasteiger charge is 2.13. The van der Waals surface area contributed by atoms with Crippen LogP contribution in [0.15, 0.2) is 18.2 Å². The molecule has 0 aliphatic carbocycles. The Balaban J connectivity index is 1.87. The molecule has 0 bridgehead atoms. The van der Waals surface area contributed by atoms with Gasteiger partial charge in [0, 0.05) is 19.2 Å². The number of methoxy groups -OCH3 is 1. The van der Waals surface area contributed by atoms with Crippen LogP contribution in [0.25, 0.3) is 0 Å². The van der Waals surface area contributed by atoms with Crippen molar-refractivity contribution in [2.75, 3.05) is 20.3 Å². The maximum atomic E-state index is 9.65. The molecule has 2 N–H and O–H groups in total. The van der Waals surface area contributed by atoms with Gasteiger partial charge in [-0.3, -0.25) is 0 Å². The number of hydrogen-bond donors (Lipinski definition) is 2. The standard InChI is InChI=1S/C13H19NO3/c1-16-13-5-4-10(7-12(13)15)8-14-11-3-2-6-17-9-11/h4-5,7,11,14-15H,2-3,6,8-9H2,1H3. The number of nitrogens with one attached hydrogen (secondary N) is 1. The maximum absolute atomic E-state index is 9.65. The second-order valence-electron chi connectivity index (χ2n) is 4.30. The summed E-state index contributed by atoms with van der Waals surface area (Å²) in [4.78, 5) is 0. The van der Waals surface area contributed by atoms with E-state index in [-0.39, 0.29) is 5.75 Å². The average Bonchev–Trinajstić information content (AvgIpc) is 2.38. The summed E-state index contributed by atoms with van der Waals surface area (Å²) in [6.45, 7) is 2.40. The molecular formula is C13H19NO3. The van der Waals surface area contributed by atoms with Gasteiger partial charge in [-0.25, -0.2) is 0 Å². The van der Waals surface area contributed by atoms with Crippen molar-refractivity contribution in [1.29, 1.82) is 0 Å². The molecule has 1 aromatic carbocycles. The Bertz CT molecular complexity index is 362. The zero-order valence-corrected chi connectivity index (χ0v) is 10.1. The Morgan fingerprint density at radius 1 is 1.53 bits per heavy atom. The highest BCUT2D eigenvalue weighted by Crippen LogP contribution is 2.26. The maximum Gasteiger partial charge on any atom is 0.160 e. The Hall–Kier alpha value is -1.26. The largest absolute Gasteiger partial charge is 0.504 e. The van der Waals surface area contributed by atoms with Crippen LogP contribution in [0.5, 0.6) is 11.5 Å². The first-order valence-corrected chi connectivity index (χ1v) is 5.96. The van der Waals surface area contributed by atoms with E-state index in [9.17, 15) is 5.11 Å². The van der Waals surface area contributed by atoms with Crippen molar-refractivity contribution < 1.29 is 14.6 Å². The fraction of sp³-hybridized carbons (Fsp3) is 0.538. The van der Waals surface area contributed by atoms with Crippen molar-refractivity contribution >= 4 is 0 Å². The van der Waals surface area contributed by atoms with Crippen LogP contribution >= 0.6 is 0 Å². The van der Waals surface area contributed by atoms with Gasteiger partial charge in [-0.1, -0.05) is 6.07 Å². The molecule has 94 valence electrons. The van der Waals surface area contributed by atoms with Crippen molar-refractivity contribution in [3.63, 3.8) is 0 Å². The summed E-state index contributed by atoms with van der Waals surface area (Å²) in [6, 6.07) is 5.89. The van der Waals surface area contributed by atoms with Gasteiger partial charge in [-0.05, 0) is 30.5 Å². The number of phenolic OH excluding ortho intramolecular Hbond substituents is 1. The molecule has 1 saturated heterocycles. The molecule has 1 aromatic rings. The van der Waals surface area contributed by atoms with E-state index in [1.54, 1.807) is 19.2 Å². The van der Waals surface area contributed by atoms with Gasteiger partial charge in [-0.2, -0.15) is 0 Å².